The van der Waals surface area contributed by atoms with Crippen molar-refractivity contribution in [1.29, 1.82) is 0 Å². The third-order valence-electron chi connectivity index (χ3n) is 2.75. The number of nitrogens with one attached hydrogen (secondary N) is 1. The average Bonchev–Trinajstić information content (AvgIpc) is 2.53. The number of carbonyl (C=O) groups is 1. The Balaban J connectivity index is 2.23. The quantitative estimate of drug-likeness (QED) is 0.395. The van der Waals surface area contributed by atoms with Crippen LogP contribution in [-0.2, 0) is 9.53 Å². The van der Waals surface area contributed by atoms with Gasteiger partial charge in [-0.25, -0.2) is 9.78 Å². The van der Waals surface area contributed by atoms with E-state index in [0.717, 1.165) is 5.56 Å². The summed E-state index contributed by atoms with van der Waals surface area (Å²) < 4.78 is 4.51. The van der Waals surface area contributed by atoms with Crippen molar-refractivity contribution in [2.45, 2.75) is 0 Å². The Kier molecular flexibility index (Phi) is 4.81. The molecular weight excluding hydrogens is 286 g/mol. The summed E-state index contributed by atoms with van der Waals surface area (Å²) in [5.41, 5.74) is 1.25. The van der Waals surface area contributed by atoms with Crippen LogP contribution in [0.4, 0.5) is 17.2 Å². The molecule has 2 aromatic rings. The van der Waals surface area contributed by atoms with Crippen LogP contribution in [0.2, 0.25) is 0 Å². The summed E-state index contributed by atoms with van der Waals surface area (Å²) in [5, 5.41) is 13.8. The molecular formula is C15H13N3O4. The molecule has 0 radical (unpaired) electrons. The number of aromatic nitrogens is 1. The summed E-state index contributed by atoms with van der Waals surface area (Å²) in [5.74, 6) is -0.305. The van der Waals surface area contributed by atoms with Crippen molar-refractivity contribution in [1.82, 2.24) is 4.98 Å². The molecule has 1 aromatic carbocycles. The second-order valence-electron chi connectivity index (χ2n) is 4.24. The summed E-state index contributed by atoms with van der Waals surface area (Å²) in [6.45, 7) is 0. The Bertz CT molecular complexity index is 728. The summed E-state index contributed by atoms with van der Waals surface area (Å²) in [4.78, 5) is 25.5. The molecule has 0 atom stereocenters. The molecule has 0 aliphatic heterocycles. The maximum Gasteiger partial charge on any atom is 0.330 e. The normalized spacial score (nSPS) is 10.4. The molecule has 2 rings (SSSR count). The number of nitrogens with zero attached hydrogens (tertiary/aromatic N) is 2. The Labute approximate surface area is 126 Å². The maximum atomic E-state index is 11.1. The third kappa shape index (κ3) is 3.89. The van der Waals surface area contributed by atoms with Gasteiger partial charge in [-0.3, -0.25) is 10.1 Å². The van der Waals surface area contributed by atoms with E-state index in [9.17, 15) is 14.9 Å². The van der Waals surface area contributed by atoms with Gasteiger partial charge in [0.2, 0.25) is 5.82 Å². The number of carbonyl (C=O) groups excluding carboxylic acids is 1. The van der Waals surface area contributed by atoms with Gasteiger partial charge in [-0.1, -0.05) is 12.1 Å². The van der Waals surface area contributed by atoms with E-state index >= 15 is 0 Å². The van der Waals surface area contributed by atoms with Crippen molar-refractivity contribution < 1.29 is 14.5 Å². The van der Waals surface area contributed by atoms with Gasteiger partial charge in [0.15, 0.2) is 0 Å². The van der Waals surface area contributed by atoms with Crippen molar-refractivity contribution in [3.8, 4) is 0 Å². The lowest BCUT2D eigenvalue weighted by molar-refractivity contribution is -0.384. The first-order valence-electron chi connectivity index (χ1n) is 6.32. The van der Waals surface area contributed by atoms with Crippen LogP contribution in [0, 0.1) is 10.1 Å². The monoisotopic (exact) mass is 299 g/mol. The lowest BCUT2D eigenvalue weighted by Crippen LogP contribution is -1.99. The third-order valence-corrected chi connectivity index (χ3v) is 2.75. The number of nitro groups is 1. The Morgan fingerprint density at radius 3 is 2.91 bits per heavy atom. The fourth-order valence-electron chi connectivity index (χ4n) is 1.73. The smallest absolute Gasteiger partial charge is 0.330 e. The number of esters is 1. The summed E-state index contributed by atoms with van der Waals surface area (Å²) in [6.07, 6.45) is 4.35. The van der Waals surface area contributed by atoms with Gasteiger partial charge in [-0.05, 0) is 29.8 Å². The molecule has 1 heterocycles. The van der Waals surface area contributed by atoms with Gasteiger partial charge >= 0.3 is 11.7 Å². The highest BCUT2D eigenvalue weighted by Crippen LogP contribution is 2.25. The van der Waals surface area contributed by atoms with Gasteiger partial charge in [0.25, 0.3) is 0 Å². The van der Waals surface area contributed by atoms with E-state index < -0.39 is 10.9 Å². The number of hydrogen-bond acceptors (Lipinski definition) is 6. The first-order chi connectivity index (χ1) is 10.6. The fourth-order valence-corrected chi connectivity index (χ4v) is 1.73. The molecule has 7 nitrogen and oxygen atoms in total. The van der Waals surface area contributed by atoms with E-state index in [0.29, 0.717) is 5.69 Å². The van der Waals surface area contributed by atoms with Crippen LogP contribution in [0.5, 0.6) is 0 Å². The molecule has 0 unspecified atom stereocenters. The van der Waals surface area contributed by atoms with E-state index in [1.165, 1.54) is 31.5 Å². The topological polar surface area (TPSA) is 94.4 Å². The van der Waals surface area contributed by atoms with Crippen molar-refractivity contribution in [3.05, 3.63) is 64.3 Å². The number of anilines is 2. The molecule has 0 aliphatic rings. The molecule has 1 N–H and O–H groups in total. The van der Waals surface area contributed by atoms with Crippen LogP contribution in [0.1, 0.15) is 5.56 Å². The summed E-state index contributed by atoms with van der Waals surface area (Å²) in [6, 6.07) is 9.90. The molecule has 0 saturated heterocycles. The molecule has 0 spiro atoms. The zero-order chi connectivity index (χ0) is 15.9. The van der Waals surface area contributed by atoms with E-state index in [4.69, 9.17) is 0 Å². The molecule has 112 valence electrons. The number of hydrogen-bond donors (Lipinski definition) is 1. The molecule has 0 amide bonds. The number of ether oxygens (including phenoxy) is 1. The largest absolute Gasteiger partial charge is 0.466 e. The van der Waals surface area contributed by atoms with Gasteiger partial charge < -0.3 is 10.1 Å². The first kappa shape index (κ1) is 15.2. The molecule has 0 bridgehead atoms. The molecule has 22 heavy (non-hydrogen) atoms. The zero-order valence-corrected chi connectivity index (χ0v) is 11.7. The minimum absolute atomic E-state index is 0.113. The maximum absolute atomic E-state index is 11.1. The molecule has 1 aromatic heterocycles. The highest BCUT2D eigenvalue weighted by atomic mass is 16.6. The van der Waals surface area contributed by atoms with Crippen molar-refractivity contribution in [2.24, 2.45) is 0 Å². The fraction of sp³-hybridized carbons (Fsp3) is 0.0667. The van der Waals surface area contributed by atoms with Gasteiger partial charge in [-0.2, -0.15) is 0 Å². The SMILES string of the molecule is COC(=O)C=Cc1cccc(Nc2ncccc2[N+](=O)[O-])c1. The van der Waals surface area contributed by atoms with Crippen molar-refractivity contribution >= 4 is 29.2 Å². The summed E-state index contributed by atoms with van der Waals surface area (Å²) >= 11 is 0. The lowest BCUT2D eigenvalue weighted by atomic mass is 10.2. The van der Waals surface area contributed by atoms with Crippen LogP contribution in [0.3, 0.4) is 0 Å². The molecule has 0 saturated carbocycles. The number of rotatable bonds is 5. The summed E-state index contributed by atoms with van der Waals surface area (Å²) in [7, 11) is 1.30. The predicted molar refractivity (Wildman–Crippen MR) is 81.7 cm³/mol. The van der Waals surface area contributed by atoms with Gasteiger partial charge in [0.05, 0.1) is 12.0 Å². The highest BCUT2D eigenvalue weighted by molar-refractivity contribution is 5.87. The zero-order valence-electron chi connectivity index (χ0n) is 11.7. The van der Waals surface area contributed by atoms with Crippen LogP contribution >= 0.6 is 0 Å². The minimum Gasteiger partial charge on any atom is -0.466 e. The van der Waals surface area contributed by atoms with E-state index in [-0.39, 0.29) is 11.5 Å². The predicted octanol–water partition coefficient (Wildman–Crippen LogP) is 2.92. The second-order valence-corrected chi connectivity index (χ2v) is 4.24. The van der Waals surface area contributed by atoms with E-state index in [2.05, 4.69) is 15.0 Å². The standard InChI is InChI=1S/C15H13N3O4/c1-22-14(19)8-7-11-4-2-5-12(10-11)17-15-13(18(20)21)6-3-9-16-15/h2-10H,1H3,(H,16,17). The van der Waals surface area contributed by atoms with Crippen molar-refractivity contribution in [2.75, 3.05) is 12.4 Å². The lowest BCUT2D eigenvalue weighted by Gasteiger charge is -2.06. The second kappa shape index (κ2) is 6.98. The van der Waals surface area contributed by atoms with Crippen molar-refractivity contribution in [3.63, 3.8) is 0 Å². The van der Waals surface area contributed by atoms with Gasteiger partial charge in [-0.15, -0.1) is 0 Å². The van der Waals surface area contributed by atoms with Crippen LogP contribution in [0.15, 0.2) is 48.7 Å². The minimum atomic E-state index is -0.504. The first-order valence-corrected chi connectivity index (χ1v) is 6.32. The Morgan fingerprint density at radius 1 is 1.36 bits per heavy atom. The number of methoxy groups -OCH3 is 1. The Hall–Kier alpha value is -3.22. The molecule has 0 aliphatic carbocycles. The van der Waals surface area contributed by atoms with E-state index in [1.807, 2.05) is 0 Å². The van der Waals surface area contributed by atoms with Crippen LogP contribution in [0.25, 0.3) is 6.08 Å². The van der Waals surface area contributed by atoms with Gasteiger partial charge in [0.1, 0.15) is 0 Å². The average molecular weight is 299 g/mol. The van der Waals surface area contributed by atoms with Crippen LogP contribution in [-0.4, -0.2) is 23.0 Å². The van der Waals surface area contributed by atoms with Gasteiger partial charge in [0, 0.05) is 24.0 Å². The van der Waals surface area contributed by atoms with Crippen LogP contribution < -0.4 is 5.32 Å². The highest BCUT2D eigenvalue weighted by Gasteiger charge is 2.13. The molecule has 7 heteroatoms. The molecule has 0 fully saturated rings. The van der Waals surface area contributed by atoms with E-state index in [1.54, 1.807) is 30.3 Å². The number of pyridine rings is 1. The number of benzene rings is 1. The Morgan fingerprint density at radius 2 is 2.18 bits per heavy atom.